The number of H-pyrrole nitrogens is 1. The highest BCUT2D eigenvalue weighted by Crippen LogP contribution is 2.40. The number of nitrogens with two attached hydrogens (primary N) is 1. The van der Waals surface area contributed by atoms with Crippen molar-refractivity contribution in [3.63, 3.8) is 0 Å². The second kappa shape index (κ2) is 8.21. The molecule has 1 aromatic carbocycles. The van der Waals surface area contributed by atoms with Crippen molar-refractivity contribution in [3.8, 4) is 22.8 Å². The van der Waals surface area contributed by atoms with Gasteiger partial charge in [0.15, 0.2) is 11.6 Å². The van der Waals surface area contributed by atoms with Crippen LogP contribution in [0.25, 0.3) is 16.6 Å². The maximum absolute atomic E-state index is 12.4. The maximum Gasteiger partial charge on any atom is 0.347 e. The molecule has 0 aliphatic carbocycles. The van der Waals surface area contributed by atoms with Crippen LogP contribution in [0.15, 0.2) is 71.0 Å². The summed E-state index contributed by atoms with van der Waals surface area (Å²) in [5.41, 5.74) is 7.55. The quantitative estimate of drug-likeness (QED) is 0.394. The SMILES string of the molecule is C=C1NC(=O)N(c2cc(Cl)c(Oc3cc(-c4ccn5nccc5c4)c(=O)[nH]n3)c(Cl)c2)N=C1N. The molecular weight excluding hydrogens is 483 g/mol. The third-order valence-corrected chi connectivity index (χ3v) is 5.45. The van der Waals surface area contributed by atoms with Crippen molar-refractivity contribution in [2.24, 2.45) is 10.8 Å². The number of nitrogens with one attached hydrogen (secondary N) is 2. The van der Waals surface area contributed by atoms with Gasteiger partial charge in [0, 0.05) is 18.5 Å². The normalized spacial score (nSPS) is 13.7. The summed E-state index contributed by atoms with van der Waals surface area (Å²) in [4.78, 5) is 24.7. The molecule has 1 aliphatic heterocycles. The van der Waals surface area contributed by atoms with E-state index in [4.69, 9.17) is 33.7 Å². The van der Waals surface area contributed by atoms with Crippen LogP contribution in [0, 0.1) is 0 Å². The summed E-state index contributed by atoms with van der Waals surface area (Å²) in [6.45, 7) is 3.59. The molecule has 0 fully saturated rings. The average molecular weight is 497 g/mol. The third-order valence-electron chi connectivity index (χ3n) is 4.89. The number of urea groups is 1. The summed E-state index contributed by atoms with van der Waals surface area (Å²) in [5, 5.41) is 18.1. The molecule has 2 amide bonds. The first-order valence-corrected chi connectivity index (χ1v) is 10.4. The molecule has 0 spiro atoms. The number of nitrogens with zero attached hydrogens (tertiary/aromatic N) is 5. The van der Waals surface area contributed by atoms with Crippen LogP contribution in [0.2, 0.25) is 10.0 Å². The fourth-order valence-corrected chi connectivity index (χ4v) is 3.80. The molecule has 4 heterocycles. The monoisotopic (exact) mass is 496 g/mol. The zero-order valence-electron chi connectivity index (χ0n) is 17.1. The van der Waals surface area contributed by atoms with Crippen LogP contribution in [-0.4, -0.2) is 31.7 Å². The van der Waals surface area contributed by atoms with Crippen LogP contribution in [-0.2, 0) is 0 Å². The zero-order chi connectivity index (χ0) is 24.0. The molecule has 4 N–H and O–H groups in total. The minimum Gasteiger partial charge on any atom is -0.434 e. The number of aromatic nitrogens is 4. The number of hydrazone groups is 1. The lowest BCUT2D eigenvalue weighted by Crippen LogP contribution is -2.45. The Morgan fingerprint density at radius 2 is 1.85 bits per heavy atom. The zero-order valence-corrected chi connectivity index (χ0v) is 18.6. The van der Waals surface area contributed by atoms with E-state index >= 15 is 0 Å². The average Bonchev–Trinajstić information content (AvgIpc) is 3.27. The fraction of sp³-hybridized carbons (Fsp3) is 0. The summed E-state index contributed by atoms with van der Waals surface area (Å²) in [6.07, 6.45) is 3.39. The highest BCUT2D eigenvalue weighted by molar-refractivity contribution is 6.37. The van der Waals surface area contributed by atoms with Gasteiger partial charge in [0.05, 0.1) is 32.5 Å². The molecule has 0 saturated heterocycles. The van der Waals surface area contributed by atoms with Crippen LogP contribution >= 0.6 is 23.2 Å². The number of fused-ring (bicyclic) bond motifs is 1. The van der Waals surface area contributed by atoms with Crippen molar-refractivity contribution in [2.45, 2.75) is 0 Å². The van der Waals surface area contributed by atoms with E-state index in [1.807, 2.05) is 6.07 Å². The molecule has 4 aromatic rings. The number of anilines is 1. The van der Waals surface area contributed by atoms with Gasteiger partial charge >= 0.3 is 6.03 Å². The Kier molecular flexibility index (Phi) is 5.19. The number of halogens is 2. The molecular formula is C21H14Cl2N8O3. The predicted molar refractivity (Wildman–Crippen MR) is 127 cm³/mol. The van der Waals surface area contributed by atoms with Crippen LogP contribution in [0.1, 0.15) is 0 Å². The van der Waals surface area contributed by atoms with Crippen molar-refractivity contribution in [2.75, 3.05) is 5.01 Å². The first kappa shape index (κ1) is 21.5. The molecule has 13 heteroatoms. The van der Waals surface area contributed by atoms with Crippen molar-refractivity contribution in [1.82, 2.24) is 25.1 Å². The smallest absolute Gasteiger partial charge is 0.347 e. The minimum absolute atomic E-state index is 0.0336. The van der Waals surface area contributed by atoms with Crippen LogP contribution in [0.3, 0.4) is 0 Å². The van der Waals surface area contributed by atoms with Crippen LogP contribution < -0.4 is 26.4 Å². The second-order valence-electron chi connectivity index (χ2n) is 7.11. The molecule has 3 aromatic heterocycles. The fourth-order valence-electron chi connectivity index (χ4n) is 3.25. The topological polar surface area (TPSA) is 143 Å². The van der Waals surface area contributed by atoms with Crippen molar-refractivity contribution in [1.29, 1.82) is 0 Å². The standard InChI is InChI=1S/C21H14Cl2N8O3/c1-10-19(24)29-31(21(33)26-10)13-7-15(22)18(16(23)8-13)34-17-9-14(20(32)28-27-17)11-3-5-30-12(6-11)2-4-25-30/h2-9H,1H2,(H2,24,29)(H,26,33)(H,28,32). The number of rotatable bonds is 4. The van der Waals surface area contributed by atoms with Gasteiger partial charge in [-0.05, 0) is 35.9 Å². The Bertz CT molecular complexity index is 1550. The summed E-state index contributed by atoms with van der Waals surface area (Å²) >= 11 is 12.8. The lowest BCUT2D eigenvalue weighted by Gasteiger charge is -2.24. The van der Waals surface area contributed by atoms with Crippen LogP contribution in [0.4, 0.5) is 10.5 Å². The van der Waals surface area contributed by atoms with Gasteiger partial charge in [-0.2, -0.15) is 10.1 Å². The van der Waals surface area contributed by atoms with Crippen molar-refractivity contribution < 1.29 is 9.53 Å². The third kappa shape index (κ3) is 3.83. The molecule has 0 bridgehead atoms. The van der Waals surface area contributed by atoms with Crippen LogP contribution in [0.5, 0.6) is 11.6 Å². The van der Waals surface area contributed by atoms with Gasteiger partial charge in [-0.25, -0.2) is 14.4 Å². The number of hydrogen-bond acceptors (Lipinski definition) is 7. The number of carbonyl (C=O) groups excluding carboxylic acids is 1. The van der Waals surface area contributed by atoms with Gasteiger partial charge in [0.2, 0.25) is 5.88 Å². The highest BCUT2D eigenvalue weighted by atomic mass is 35.5. The number of amides is 2. The number of ether oxygens (including phenoxy) is 1. The molecule has 0 radical (unpaired) electrons. The van der Waals surface area contributed by atoms with E-state index in [0.29, 0.717) is 11.1 Å². The molecule has 11 nitrogen and oxygen atoms in total. The largest absolute Gasteiger partial charge is 0.434 e. The van der Waals surface area contributed by atoms with E-state index in [1.54, 1.807) is 29.0 Å². The number of amidine groups is 1. The number of aromatic amines is 1. The van der Waals surface area contributed by atoms with E-state index in [1.165, 1.54) is 18.2 Å². The summed E-state index contributed by atoms with van der Waals surface area (Å²) in [7, 11) is 0. The second-order valence-corrected chi connectivity index (χ2v) is 7.93. The molecule has 0 saturated carbocycles. The van der Waals surface area contributed by atoms with Gasteiger partial charge in [-0.1, -0.05) is 29.8 Å². The molecule has 34 heavy (non-hydrogen) atoms. The van der Waals surface area contributed by atoms with Crippen molar-refractivity contribution >= 4 is 46.3 Å². The van der Waals surface area contributed by atoms with E-state index < -0.39 is 11.6 Å². The number of hydrogen-bond donors (Lipinski definition) is 3. The van der Waals surface area contributed by atoms with Gasteiger partial charge in [-0.15, -0.1) is 10.2 Å². The number of carbonyl (C=O) groups is 1. The Labute approximate surface area is 201 Å². The first-order chi connectivity index (χ1) is 16.3. The molecule has 0 unspecified atom stereocenters. The first-order valence-electron chi connectivity index (χ1n) is 9.65. The van der Waals surface area contributed by atoms with E-state index in [0.717, 1.165) is 10.5 Å². The number of benzene rings is 1. The van der Waals surface area contributed by atoms with E-state index in [9.17, 15) is 9.59 Å². The summed E-state index contributed by atoms with van der Waals surface area (Å²) in [5.74, 6) is 0.155. The van der Waals surface area contributed by atoms with Crippen molar-refractivity contribution in [3.05, 3.63) is 81.5 Å². The highest BCUT2D eigenvalue weighted by Gasteiger charge is 2.25. The summed E-state index contributed by atoms with van der Waals surface area (Å²) < 4.78 is 7.45. The lowest BCUT2D eigenvalue weighted by atomic mass is 10.1. The van der Waals surface area contributed by atoms with E-state index in [2.05, 4.69) is 32.3 Å². The van der Waals surface area contributed by atoms with Gasteiger partial charge in [0.25, 0.3) is 5.56 Å². The van der Waals surface area contributed by atoms with Gasteiger partial charge in [-0.3, -0.25) is 4.79 Å². The Morgan fingerprint density at radius 3 is 2.62 bits per heavy atom. The lowest BCUT2D eigenvalue weighted by molar-refractivity contribution is 0.248. The van der Waals surface area contributed by atoms with Gasteiger partial charge < -0.3 is 15.8 Å². The van der Waals surface area contributed by atoms with Gasteiger partial charge in [0.1, 0.15) is 0 Å². The minimum atomic E-state index is -0.581. The Balaban J connectivity index is 1.48. The molecule has 170 valence electrons. The summed E-state index contributed by atoms with van der Waals surface area (Å²) in [6, 6.07) is 9.10. The molecule has 1 aliphatic rings. The maximum atomic E-state index is 12.4. The Hall–Kier alpha value is -4.35. The van der Waals surface area contributed by atoms with E-state index in [-0.39, 0.29) is 38.9 Å². The number of pyridine rings is 1. The predicted octanol–water partition coefficient (Wildman–Crippen LogP) is 3.50. The Morgan fingerprint density at radius 1 is 1.09 bits per heavy atom. The molecule has 0 atom stereocenters. The molecule has 5 rings (SSSR count).